The molecule has 16 heavy (non-hydrogen) atoms. The molecule has 0 saturated heterocycles. The van der Waals surface area contributed by atoms with Gasteiger partial charge in [-0.15, -0.1) is 0 Å². The van der Waals surface area contributed by atoms with Crippen LogP contribution in [0.3, 0.4) is 0 Å². The lowest BCUT2D eigenvalue weighted by Gasteiger charge is -2.35. The van der Waals surface area contributed by atoms with E-state index in [0.29, 0.717) is 0 Å². The Morgan fingerprint density at radius 2 is 1.81 bits per heavy atom. The summed E-state index contributed by atoms with van der Waals surface area (Å²) in [5.74, 6) is -2.33. The molecular weight excluding hydrogens is 206 g/mol. The molecule has 0 N–H and O–H groups in total. The molecule has 0 atom stereocenters. The van der Waals surface area contributed by atoms with E-state index in [4.69, 9.17) is 0 Å². The van der Waals surface area contributed by atoms with E-state index >= 15 is 0 Å². The Morgan fingerprint density at radius 3 is 2.25 bits per heavy atom. The van der Waals surface area contributed by atoms with Crippen molar-refractivity contribution in [3.8, 4) is 0 Å². The number of benzene rings is 1. The summed E-state index contributed by atoms with van der Waals surface area (Å²) in [6.45, 7) is 6.24. The van der Waals surface area contributed by atoms with Crippen LogP contribution in [0.25, 0.3) is 0 Å². The summed E-state index contributed by atoms with van der Waals surface area (Å²) >= 11 is 0. The van der Waals surface area contributed by atoms with Gasteiger partial charge < -0.3 is 0 Å². The van der Waals surface area contributed by atoms with Gasteiger partial charge in [-0.3, -0.25) is 0 Å². The third kappa shape index (κ3) is 3.58. The lowest BCUT2D eigenvalue weighted by molar-refractivity contribution is -0.0867. The van der Waals surface area contributed by atoms with E-state index < -0.39 is 5.92 Å². The molecule has 1 fully saturated rings. The zero-order chi connectivity index (χ0) is 12.2. The first kappa shape index (κ1) is 13.1. The molecule has 0 nitrogen and oxygen atoms in total. The molecule has 0 aromatic heterocycles. The average molecular weight is 226 g/mol. The minimum atomic E-state index is -2.41. The van der Waals surface area contributed by atoms with Gasteiger partial charge in [0.15, 0.2) is 0 Å². The Balaban J connectivity index is 0.000000386. The number of hydrogen-bond acceptors (Lipinski definition) is 0. The molecule has 0 amide bonds. The van der Waals surface area contributed by atoms with E-state index in [1.165, 1.54) is 6.42 Å². The van der Waals surface area contributed by atoms with E-state index in [9.17, 15) is 8.78 Å². The monoisotopic (exact) mass is 226 g/mol. The second-order valence-electron chi connectivity index (χ2n) is 4.58. The first-order valence-corrected chi connectivity index (χ1v) is 5.93. The van der Waals surface area contributed by atoms with Crippen LogP contribution in [-0.2, 0) is 0 Å². The Kier molecular flexibility index (Phi) is 4.45. The average Bonchev–Trinajstić information content (AvgIpc) is 2.15. The Morgan fingerprint density at radius 1 is 1.25 bits per heavy atom. The third-order valence-corrected chi connectivity index (χ3v) is 2.60. The molecule has 2 heteroatoms. The SMILES string of the molecule is CCC.Cc1cccc(C2CC(F)(F)C2)c1. The van der Waals surface area contributed by atoms with Crippen molar-refractivity contribution in [2.75, 3.05) is 0 Å². The first-order valence-electron chi connectivity index (χ1n) is 5.93. The smallest absolute Gasteiger partial charge is 0.207 e. The summed E-state index contributed by atoms with van der Waals surface area (Å²) in [5, 5.41) is 0. The molecule has 1 aliphatic carbocycles. The van der Waals surface area contributed by atoms with Gasteiger partial charge in [0.1, 0.15) is 0 Å². The van der Waals surface area contributed by atoms with Crippen LogP contribution in [0.5, 0.6) is 0 Å². The highest BCUT2D eigenvalue weighted by Gasteiger charge is 2.45. The highest BCUT2D eigenvalue weighted by Crippen LogP contribution is 2.48. The fourth-order valence-electron chi connectivity index (χ4n) is 1.82. The normalized spacial score (nSPS) is 18.3. The molecule has 90 valence electrons. The van der Waals surface area contributed by atoms with Crippen LogP contribution in [0.15, 0.2) is 24.3 Å². The lowest BCUT2D eigenvalue weighted by Crippen LogP contribution is -2.33. The van der Waals surface area contributed by atoms with Crippen LogP contribution in [0.1, 0.15) is 50.2 Å². The summed E-state index contributed by atoms with van der Waals surface area (Å²) in [6.07, 6.45) is 1.30. The lowest BCUT2D eigenvalue weighted by atomic mass is 9.76. The first-order chi connectivity index (χ1) is 7.48. The molecule has 0 spiro atoms. The van der Waals surface area contributed by atoms with Crippen LogP contribution >= 0.6 is 0 Å². The van der Waals surface area contributed by atoms with Gasteiger partial charge in [-0.2, -0.15) is 0 Å². The largest absolute Gasteiger partial charge is 0.249 e. The highest BCUT2D eigenvalue weighted by atomic mass is 19.3. The van der Waals surface area contributed by atoms with Crippen molar-refractivity contribution in [1.82, 2.24) is 0 Å². The van der Waals surface area contributed by atoms with Crippen LogP contribution in [0.2, 0.25) is 0 Å². The van der Waals surface area contributed by atoms with Crippen molar-refractivity contribution >= 4 is 0 Å². The fraction of sp³-hybridized carbons (Fsp3) is 0.571. The van der Waals surface area contributed by atoms with Crippen LogP contribution in [0, 0.1) is 6.92 Å². The molecule has 1 aliphatic rings. The molecule has 1 aromatic rings. The van der Waals surface area contributed by atoms with Gasteiger partial charge in [0.2, 0.25) is 5.92 Å². The topological polar surface area (TPSA) is 0 Å². The van der Waals surface area contributed by atoms with Gasteiger partial charge in [0.05, 0.1) is 0 Å². The second-order valence-corrected chi connectivity index (χ2v) is 4.58. The molecule has 1 saturated carbocycles. The quantitative estimate of drug-likeness (QED) is 0.637. The predicted octanol–water partition coefficient (Wildman–Crippen LogP) is 4.92. The maximum Gasteiger partial charge on any atom is 0.249 e. The summed E-state index contributed by atoms with van der Waals surface area (Å²) < 4.78 is 25.1. The molecule has 2 rings (SSSR count). The number of aryl methyl sites for hydroxylation is 1. The van der Waals surface area contributed by atoms with Crippen molar-refractivity contribution in [2.24, 2.45) is 0 Å². The van der Waals surface area contributed by atoms with Crippen molar-refractivity contribution in [1.29, 1.82) is 0 Å². The van der Waals surface area contributed by atoms with Crippen molar-refractivity contribution < 1.29 is 8.78 Å². The van der Waals surface area contributed by atoms with E-state index in [2.05, 4.69) is 13.8 Å². The number of halogens is 2. The maximum absolute atomic E-state index is 12.6. The highest BCUT2D eigenvalue weighted by molar-refractivity contribution is 5.27. The summed E-state index contributed by atoms with van der Waals surface area (Å²) in [7, 11) is 0. The summed E-state index contributed by atoms with van der Waals surface area (Å²) in [5.41, 5.74) is 2.21. The van der Waals surface area contributed by atoms with E-state index in [0.717, 1.165) is 11.1 Å². The number of alkyl halides is 2. The second kappa shape index (κ2) is 5.42. The van der Waals surface area contributed by atoms with Gasteiger partial charge in [-0.05, 0) is 18.4 Å². The maximum atomic E-state index is 12.6. The van der Waals surface area contributed by atoms with Crippen molar-refractivity contribution in [3.05, 3.63) is 35.4 Å². The molecule has 0 bridgehead atoms. The predicted molar refractivity (Wildman–Crippen MR) is 64.1 cm³/mol. The zero-order valence-electron chi connectivity index (χ0n) is 10.3. The zero-order valence-corrected chi connectivity index (χ0v) is 10.3. The standard InChI is InChI=1S/C11H12F2.C3H8/c1-8-3-2-4-9(5-8)10-6-11(12,13)7-10;1-3-2/h2-5,10H,6-7H2,1H3;3H2,1-2H3. The summed E-state index contributed by atoms with van der Waals surface area (Å²) in [6, 6.07) is 7.86. The molecule has 0 radical (unpaired) electrons. The van der Waals surface area contributed by atoms with Gasteiger partial charge >= 0.3 is 0 Å². The van der Waals surface area contributed by atoms with E-state index in [-0.39, 0.29) is 18.8 Å². The molecule has 0 heterocycles. The Bertz CT molecular complexity index is 323. The van der Waals surface area contributed by atoms with Gasteiger partial charge in [0, 0.05) is 12.8 Å². The van der Waals surface area contributed by atoms with Crippen molar-refractivity contribution in [2.45, 2.75) is 51.9 Å². The minimum Gasteiger partial charge on any atom is -0.207 e. The molecular formula is C14H20F2. The van der Waals surface area contributed by atoms with Crippen molar-refractivity contribution in [3.63, 3.8) is 0 Å². The third-order valence-electron chi connectivity index (χ3n) is 2.60. The minimum absolute atomic E-state index is 0.0243. The molecule has 0 aliphatic heterocycles. The van der Waals surface area contributed by atoms with Gasteiger partial charge in [-0.1, -0.05) is 50.1 Å². The fourth-order valence-corrected chi connectivity index (χ4v) is 1.82. The number of hydrogen-bond donors (Lipinski definition) is 0. The van der Waals surface area contributed by atoms with E-state index in [1.807, 2.05) is 31.2 Å². The number of rotatable bonds is 1. The Hall–Kier alpha value is -0.920. The van der Waals surface area contributed by atoms with Gasteiger partial charge in [-0.25, -0.2) is 8.78 Å². The molecule has 0 unspecified atom stereocenters. The summed E-state index contributed by atoms with van der Waals surface area (Å²) in [4.78, 5) is 0. The van der Waals surface area contributed by atoms with Crippen LogP contribution in [-0.4, -0.2) is 5.92 Å². The Labute approximate surface area is 96.7 Å². The van der Waals surface area contributed by atoms with Gasteiger partial charge in [0.25, 0.3) is 0 Å². The van der Waals surface area contributed by atoms with Crippen LogP contribution < -0.4 is 0 Å². The molecule has 1 aromatic carbocycles. The van der Waals surface area contributed by atoms with Crippen LogP contribution in [0.4, 0.5) is 8.78 Å². The van der Waals surface area contributed by atoms with E-state index in [1.54, 1.807) is 0 Å².